The van der Waals surface area contributed by atoms with Gasteiger partial charge in [0.2, 0.25) is 0 Å². The molecule has 0 aliphatic carbocycles. The van der Waals surface area contributed by atoms with Crippen LogP contribution < -0.4 is 5.32 Å². The number of nitrogens with one attached hydrogen (secondary N) is 1. The van der Waals surface area contributed by atoms with Gasteiger partial charge in [0.1, 0.15) is 5.69 Å². The number of hydrogen-bond acceptors (Lipinski definition) is 2. The minimum atomic E-state index is -0.893. The summed E-state index contributed by atoms with van der Waals surface area (Å²) < 4.78 is 29.3. The summed E-state index contributed by atoms with van der Waals surface area (Å²) >= 11 is 3.40. The van der Waals surface area contributed by atoms with Gasteiger partial charge < -0.3 is 5.32 Å². The number of benzene rings is 3. The summed E-state index contributed by atoms with van der Waals surface area (Å²) in [5.41, 5.74) is 3.41. The number of halogens is 3. The van der Waals surface area contributed by atoms with E-state index in [2.05, 4.69) is 26.2 Å². The first-order valence-corrected chi connectivity index (χ1v) is 10.4. The number of rotatable bonds is 5. The minimum absolute atomic E-state index is 0.181. The molecule has 4 rings (SSSR count). The molecule has 1 amide bonds. The highest BCUT2D eigenvalue weighted by atomic mass is 79.9. The summed E-state index contributed by atoms with van der Waals surface area (Å²) in [6.07, 6.45) is 3.07. The molecule has 4 nitrogen and oxygen atoms in total. The minimum Gasteiger partial charge on any atom is -0.344 e. The maximum absolute atomic E-state index is 13.5. The van der Waals surface area contributed by atoms with Crippen LogP contribution in [0.1, 0.15) is 29.0 Å². The van der Waals surface area contributed by atoms with Crippen molar-refractivity contribution in [3.63, 3.8) is 0 Å². The highest BCUT2D eigenvalue weighted by Crippen LogP contribution is 2.24. The van der Waals surface area contributed by atoms with Crippen molar-refractivity contribution in [2.75, 3.05) is 0 Å². The molecule has 0 saturated heterocycles. The first kappa shape index (κ1) is 20.9. The smallest absolute Gasteiger partial charge is 0.270 e. The fourth-order valence-corrected chi connectivity index (χ4v) is 3.53. The third-order valence-corrected chi connectivity index (χ3v) is 5.52. The van der Waals surface area contributed by atoms with Gasteiger partial charge in [0, 0.05) is 10.2 Å². The topological polar surface area (TPSA) is 46.9 Å². The third kappa shape index (κ3) is 4.56. The van der Waals surface area contributed by atoms with Crippen LogP contribution >= 0.6 is 15.9 Å². The fourth-order valence-electron chi connectivity index (χ4n) is 3.26. The van der Waals surface area contributed by atoms with Crippen molar-refractivity contribution >= 4 is 21.8 Å². The van der Waals surface area contributed by atoms with Gasteiger partial charge in [-0.25, -0.2) is 13.8 Å². The molecule has 0 aliphatic heterocycles. The van der Waals surface area contributed by atoms with Crippen molar-refractivity contribution in [2.24, 2.45) is 0 Å². The lowest BCUT2D eigenvalue weighted by atomic mass is 10.1. The molecule has 1 heterocycles. The highest BCUT2D eigenvalue weighted by Gasteiger charge is 2.16. The Balaban J connectivity index is 1.54. The summed E-state index contributed by atoms with van der Waals surface area (Å²) in [5, 5.41) is 2.98. The molecule has 0 radical (unpaired) electrons. The van der Waals surface area contributed by atoms with Gasteiger partial charge in [0.25, 0.3) is 5.91 Å². The van der Waals surface area contributed by atoms with Crippen LogP contribution in [0.15, 0.2) is 83.7 Å². The van der Waals surface area contributed by atoms with E-state index in [4.69, 9.17) is 0 Å². The zero-order valence-electron chi connectivity index (χ0n) is 16.5. The second-order valence-corrected chi connectivity index (χ2v) is 7.99. The fraction of sp³-hybridized carbons (Fsp3) is 0.0833. The van der Waals surface area contributed by atoms with Gasteiger partial charge in [0.15, 0.2) is 11.6 Å². The van der Waals surface area contributed by atoms with Gasteiger partial charge >= 0.3 is 0 Å². The molecule has 7 heteroatoms. The van der Waals surface area contributed by atoms with Crippen LogP contribution in [0, 0.1) is 11.6 Å². The molecule has 4 aromatic rings. The van der Waals surface area contributed by atoms with Gasteiger partial charge in [-0.05, 0) is 60.0 Å². The molecule has 1 atom stereocenters. The number of imidazole rings is 1. The first-order chi connectivity index (χ1) is 14.9. The summed E-state index contributed by atoms with van der Waals surface area (Å²) in [4.78, 5) is 17.0. The predicted octanol–water partition coefficient (Wildman–Crippen LogP) is 6.07. The summed E-state index contributed by atoms with van der Waals surface area (Å²) in [7, 11) is 0. The molecule has 1 aromatic heterocycles. The quantitative estimate of drug-likeness (QED) is 0.375. The number of nitrogens with zero attached hydrogens (tertiary/aromatic N) is 2. The highest BCUT2D eigenvalue weighted by molar-refractivity contribution is 9.10. The Labute approximate surface area is 186 Å². The zero-order chi connectivity index (χ0) is 22.0. The number of amides is 1. The van der Waals surface area contributed by atoms with E-state index in [1.165, 1.54) is 12.3 Å². The van der Waals surface area contributed by atoms with E-state index in [0.717, 1.165) is 33.4 Å². The molecule has 1 N–H and O–H groups in total. The second-order valence-electron chi connectivity index (χ2n) is 7.07. The summed E-state index contributed by atoms with van der Waals surface area (Å²) in [6, 6.07) is 18.5. The van der Waals surface area contributed by atoms with E-state index < -0.39 is 11.6 Å². The first-order valence-electron chi connectivity index (χ1n) is 9.57. The third-order valence-electron chi connectivity index (χ3n) is 4.99. The number of hydrogen-bond donors (Lipinski definition) is 1. The largest absolute Gasteiger partial charge is 0.344 e. The van der Waals surface area contributed by atoms with E-state index >= 15 is 0 Å². The molecule has 0 bridgehead atoms. The average Bonchev–Trinajstić information content (AvgIpc) is 3.26. The lowest BCUT2D eigenvalue weighted by Gasteiger charge is -2.15. The molecule has 156 valence electrons. The molecule has 0 aliphatic rings. The molecule has 3 aromatic carbocycles. The van der Waals surface area contributed by atoms with Crippen LogP contribution in [0.5, 0.6) is 0 Å². The van der Waals surface area contributed by atoms with Gasteiger partial charge in [0.05, 0.1) is 18.6 Å². The number of carbonyl (C=O) groups excluding carboxylic acids is 1. The standard InChI is InChI=1S/C24H18BrF2N3O/c1-15(16-2-7-19(25)8-3-16)29-24(31)23-13-28-14-30(23)20-9-4-17(5-10-20)18-6-11-21(26)22(27)12-18/h2-15H,1H3,(H,29,31). The van der Waals surface area contributed by atoms with Crippen LogP contribution in [-0.4, -0.2) is 15.5 Å². The van der Waals surface area contributed by atoms with Gasteiger partial charge in [-0.3, -0.25) is 9.36 Å². The van der Waals surface area contributed by atoms with Crippen molar-refractivity contribution in [1.29, 1.82) is 0 Å². The maximum Gasteiger partial charge on any atom is 0.270 e. The lowest BCUT2D eigenvalue weighted by molar-refractivity contribution is 0.0933. The molecule has 1 unspecified atom stereocenters. The Kier molecular flexibility index (Phi) is 5.95. The van der Waals surface area contributed by atoms with Crippen LogP contribution in [0.3, 0.4) is 0 Å². The number of carbonyl (C=O) groups is 1. The zero-order valence-corrected chi connectivity index (χ0v) is 18.1. The molecule has 0 saturated carbocycles. The van der Waals surface area contributed by atoms with E-state index in [0.29, 0.717) is 11.3 Å². The average molecular weight is 482 g/mol. The Bertz CT molecular complexity index is 1220. The Morgan fingerprint density at radius 3 is 2.32 bits per heavy atom. The summed E-state index contributed by atoms with van der Waals surface area (Å²) in [6.45, 7) is 1.92. The normalized spacial score (nSPS) is 11.9. The van der Waals surface area contributed by atoms with E-state index in [1.54, 1.807) is 35.2 Å². The van der Waals surface area contributed by atoms with Crippen molar-refractivity contribution in [3.05, 3.63) is 107 Å². The van der Waals surface area contributed by atoms with Crippen LogP contribution in [0.25, 0.3) is 16.8 Å². The molecular weight excluding hydrogens is 464 g/mol. The Hall–Kier alpha value is -3.32. The lowest BCUT2D eigenvalue weighted by Crippen LogP contribution is -2.28. The summed E-state index contributed by atoms with van der Waals surface area (Å²) in [5.74, 6) is -2.03. The van der Waals surface area contributed by atoms with Gasteiger partial charge in [-0.2, -0.15) is 0 Å². The molecular formula is C24H18BrF2N3O. The molecule has 0 spiro atoms. The van der Waals surface area contributed by atoms with E-state index in [9.17, 15) is 13.6 Å². The van der Waals surface area contributed by atoms with E-state index in [-0.39, 0.29) is 11.9 Å². The van der Waals surface area contributed by atoms with Crippen LogP contribution in [0.4, 0.5) is 8.78 Å². The van der Waals surface area contributed by atoms with Gasteiger partial charge in [-0.1, -0.05) is 46.3 Å². The Morgan fingerprint density at radius 2 is 1.65 bits per heavy atom. The SMILES string of the molecule is CC(NC(=O)c1cncn1-c1ccc(-c2ccc(F)c(F)c2)cc1)c1ccc(Br)cc1. The number of aromatic nitrogens is 2. The second kappa shape index (κ2) is 8.81. The molecule has 31 heavy (non-hydrogen) atoms. The van der Waals surface area contributed by atoms with Crippen molar-refractivity contribution < 1.29 is 13.6 Å². The molecule has 0 fully saturated rings. The monoisotopic (exact) mass is 481 g/mol. The van der Waals surface area contributed by atoms with Crippen molar-refractivity contribution in [3.8, 4) is 16.8 Å². The van der Waals surface area contributed by atoms with Gasteiger partial charge in [-0.15, -0.1) is 0 Å². The van der Waals surface area contributed by atoms with Crippen molar-refractivity contribution in [2.45, 2.75) is 13.0 Å². The van der Waals surface area contributed by atoms with E-state index in [1.807, 2.05) is 31.2 Å². The van der Waals surface area contributed by atoms with Crippen molar-refractivity contribution in [1.82, 2.24) is 14.9 Å². The van der Waals surface area contributed by atoms with Crippen LogP contribution in [0.2, 0.25) is 0 Å². The predicted molar refractivity (Wildman–Crippen MR) is 119 cm³/mol. The van der Waals surface area contributed by atoms with Crippen LogP contribution in [-0.2, 0) is 0 Å². The maximum atomic E-state index is 13.5. The Morgan fingerprint density at radius 1 is 0.968 bits per heavy atom.